The lowest BCUT2D eigenvalue weighted by molar-refractivity contribution is 0.0933. The third-order valence-corrected chi connectivity index (χ3v) is 6.43. The van der Waals surface area contributed by atoms with Gasteiger partial charge in [-0.25, -0.2) is 4.98 Å². The Labute approximate surface area is 222 Å². The molecule has 2 aromatic carbocycles. The summed E-state index contributed by atoms with van der Waals surface area (Å²) in [7, 11) is -2.82. The van der Waals surface area contributed by atoms with E-state index in [0.29, 0.717) is 38.3 Å². The molecule has 9 nitrogen and oxygen atoms in total. The number of aromatic nitrogens is 3. The number of amides is 2. The first-order chi connectivity index (χ1) is 19.1. The van der Waals surface area contributed by atoms with Crippen molar-refractivity contribution in [2.24, 2.45) is 0 Å². The molecule has 0 spiro atoms. The van der Waals surface area contributed by atoms with Crippen molar-refractivity contribution >= 4 is 34.3 Å². The highest BCUT2D eigenvalue weighted by molar-refractivity contribution is 6.30. The van der Waals surface area contributed by atoms with Crippen molar-refractivity contribution in [2.45, 2.75) is 31.4 Å². The van der Waals surface area contributed by atoms with E-state index in [1.165, 1.54) is 12.3 Å². The number of fused-ring (bicyclic) bond motifs is 1. The van der Waals surface area contributed by atoms with Crippen molar-refractivity contribution in [3.8, 4) is 17.0 Å². The zero-order valence-electron chi connectivity index (χ0n) is 22.6. The second kappa shape index (κ2) is 10.6. The SMILES string of the molecule is [2H]C([2H])([2H])Oc1ncc(-c2ccc3c(C(=O)NC4CC4)n[nH]c3c2)cc1C(=O)NCC[C@H](O)c1ccc(Cl)cc1. The highest BCUT2D eigenvalue weighted by Crippen LogP contribution is 2.28. The zero-order valence-corrected chi connectivity index (χ0v) is 20.4. The summed E-state index contributed by atoms with van der Waals surface area (Å²) in [5, 5.41) is 24.3. The third-order valence-electron chi connectivity index (χ3n) is 6.17. The summed E-state index contributed by atoms with van der Waals surface area (Å²) < 4.78 is 27.4. The summed E-state index contributed by atoms with van der Waals surface area (Å²) in [6.07, 6.45) is 2.71. The molecule has 2 aromatic heterocycles. The smallest absolute Gasteiger partial charge is 0.272 e. The maximum absolute atomic E-state index is 13.1. The standard InChI is InChI=1S/C27H26ClN5O4/c1-37-27-21(25(35)29-11-10-23(34)15-2-5-18(28)6-3-15)12-17(14-30-27)16-4-9-20-22(13-16)32-33-24(20)26(36)31-19-7-8-19/h2-6,9,12-14,19,23,34H,7-8,10-11H2,1H3,(H,29,35)(H,31,36)(H,32,33)/t23-/m0/s1/i1D3. The van der Waals surface area contributed by atoms with E-state index in [1.54, 1.807) is 42.5 Å². The number of rotatable bonds is 9. The van der Waals surface area contributed by atoms with E-state index in [2.05, 4.69) is 25.8 Å². The summed E-state index contributed by atoms with van der Waals surface area (Å²) in [6, 6.07) is 13.7. The number of hydrogen-bond acceptors (Lipinski definition) is 6. The van der Waals surface area contributed by atoms with Gasteiger partial charge in [-0.2, -0.15) is 5.10 Å². The van der Waals surface area contributed by atoms with Crippen LogP contribution in [0.3, 0.4) is 0 Å². The fourth-order valence-corrected chi connectivity index (χ4v) is 4.10. The molecule has 5 rings (SSSR count). The van der Waals surface area contributed by atoms with E-state index in [0.717, 1.165) is 12.8 Å². The van der Waals surface area contributed by atoms with Gasteiger partial charge in [0.1, 0.15) is 5.56 Å². The van der Waals surface area contributed by atoms with Crippen LogP contribution in [0.1, 0.15) is 55.9 Å². The molecule has 2 heterocycles. The van der Waals surface area contributed by atoms with Crippen molar-refractivity contribution in [1.29, 1.82) is 0 Å². The van der Waals surface area contributed by atoms with Crippen molar-refractivity contribution in [2.75, 3.05) is 13.6 Å². The molecule has 0 radical (unpaired) electrons. The molecule has 4 N–H and O–H groups in total. The lowest BCUT2D eigenvalue weighted by atomic mass is 10.0. The molecule has 4 aromatic rings. The Hall–Kier alpha value is -3.95. The quantitative estimate of drug-likeness (QED) is 0.262. The average molecular weight is 523 g/mol. The Kier molecular flexibility index (Phi) is 6.05. The summed E-state index contributed by atoms with van der Waals surface area (Å²) in [5.41, 5.74) is 2.66. The van der Waals surface area contributed by atoms with Crippen LogP contribution < -0.4 is 15.4 Å². The van der Waals surface area contributed by atoms with Crippen LogP contribution in [0.15, 0.2) is 54.7 Å². The number of hydrogen-bond donors (Lipinski definition) is 4. The zero-order chi connectivity index (χ0) is 28.4. The Bertz CT molecular complexity index is 1550. The van der Waals surface area contributed by atoms with Gasteiger partial charge < -0.3 is 20.5 Å². The van der Waals surface area contributed by atoms with Crippen LogP contribution in [-0.2, 0) is 0 Å². The lowest BCUT2D eigenvalue weighted by Gasteiger charge is -2.13. The number of carbonyl (C=O) groups is 2. The Balaban J connectivity index is 1.35. The summed E-state index contributed by atoms with van der Waals surface area (Å²) in [6.45, 7) is 0.103. The molecule has 37 heavy (non-hydrogen) atoms. The second-order valence-corrected chi connectivity index (χ2v) is 9.31. The number of H-pyrrole nitrogens is 1. The van der Waals surface area contributed by atoms with E-state index < -0.39 is 19.0 Å². The fraction of sp³-hybridized carbons (Fsp3) is 0.259. The highest BCUT2D eigenvalue weighted by Gasteiger charge is 2.26. The van der Waals surface area contributed by atoms with E-state index >= 15 is 0 Å². The minimum Gasteiger partial charge on any atom is -0.480 e. The molecular weight excluding hydrogens is 494 g/mol. The number of aromatic amines is 1. The van der Waals surface area contributed by atoms with Crippen molar-refractivity contribution in [1.82, 2.24) is 25.8 Å². The largest absolute Gasteiger partial charge is 0.480 e. The van der Waals surface area contributed by atoms with Crippen molar-refractivity contribution < 1.29 is 23.5 Å². The molecule has 10 heteroatoms. The minimum absolute atomic E-state index is 0.0798. The summed E-state index contributed by atoms with van der Waals surface area (Å²) in [5.74, 6) is -1.20. The highest BCUT2D eigenvalue weighted by atomic mass is 35.5. The van der Waals surface area contributed by atoms with E-state index in [-0.39, 0.29) is 36.4 Å². The molecule has 190 valence electrons. The number of aliphatic hydroxyl groups excluding tert-OH is 1. The van der Waals surface area contributed by atoms with Gasteiger partial charge in [0.2, 0.25) is 5.88 Å². The number of nitrogens with one attached hydrogen (secondary N) is 3. The number of halogens is 1. The molecule has 1 aliphatic rings. The van der Waals surface area contributed by atoms with Crippen molar-refractivity contribution in [3.05, 3.63) is 76.6 Å². The monoisotopic (exact) mass is 522 g/mol. The molecule has 0 saturated heterocycles. The Morgan fingerprint density at radius 2 is 2.00 bits per heavy atom. The summed E-state index contributed by atoms with van der Waals surface area (Å²) in [4.78, 5) is 29.7. The minimum atomic E-state index is -2.82. The first kappa shape index (κ1) is 21.2. The van der Waals surface area contributed by atoms with E-state index in [4.69, 9.17) is 20.5 Å². The number of benzene rings is 2. The van der Waals surface area contributed by atoms with Crippen LogP contribution in [0, 0.1) is 0 Å². The third kappa shape index (κ3) is 5.58. The number of ether oxygens (including phenoxy) is 1. The van der Waals surface area contributed by atoms with Gasteiger partial charge in [0, 0.05) is 34.8 Å². The predicted molar refractivity (Wildman–Crippen MR) is 140 cm³/mol. The number of pyridine rings is 1. The van der Waals surface area contributed by atoms with Gasteiger partial charge in [-0.15, -0.1) is 0 Å². The maximum atomic E-state index is 13.1. The second-order valence-electron chi connectivity index (χ2n) is 8.87. The van der Waals surface area contributed by atoms with Gasteiger partial charge in [-0.1, -0.05) is 29.8 Å². The molecule has 1 aliphatic carbocycles. The van der Waals surface area contributed by atoms with Crippen LogP contribution in [0.25, 0.3) is 22.0 Å². The Morgan fingerprint density at radius 3 is 2.76 bits per heavy atom. The first-order valence-corrected chi connectivity index (χ1v) is 12.2. The van der Waals surface area contributed by atoms with E-state index in [1.807, 2.05) is 0 Å². The number of methoxy groups -OCH3 is 1. The van der Waals surface area contributed by atoms with Gasteiger partial charge in [0.15, 0.2) is 5.69 Å². The van der Waals surface area contributed by atoms with Crippen LogP contribution in [0.5, 0.6) is 5.88 Å². The van der Waals surface area contributed by atoms with Gasteiger partial charge in [-0.05, 0) is 60.7 Å². The van der Waals surface area contributed by atoms with Crippen LogP contribution in [0.4, 0.5) is 0 Å². The molecule has 0 unspecified atom stereocenters. The topological polar surface area (TPSA) is 129 Å². The molecule has 1 saturated carbocycles. The molecule has 2 amide bonds. The predicted octanol–water partition coefficient (Wildman–Crippen LogP) is 4.03. The van der Waals surface area contributed by atoms with Gasteiger partial charge in [0.05, 0.1) is 22.8 Å². The molecular formula is C27H26ClN5O4. The number of aliphatic hydroxyl groups is 1. The van der Waals surface area contributed by atoms with E-state index in [9.17, 15) is 14.7 Å². The Morgan fingerprint density at radius 1 is 1.19 bits per heavy atom. The van der Waals surface area contributed by atoms with Gasteiger partial charge in [0.25, 0.3) is 11.8 Å². The molecule has 1 fully saturated rings. The van der Waals surface area contributed by atoms with Crippen LogP contribution in [-0.4, -0.2) is 51.7 Å². The maximum Gasteiger partial charge on any atom is 0.272 e. The number of nitrogens with zero attached hydrogens (tertiary/aromatic N) is 2. The molecule has 0 aliphatic heterocycles. The van der Waals surface area contributed by atoms with Gasteiger partial charge >= 0.3 is 0 Å². The normalized spacial score (nSPS) is 15.4. The van der Waals surface area contributed by atoms with Crippen LogP contribution >= 0.6 is 11.6 Å². The first-order valence-electron chi connectivity index (χ1n) is 13.3. The lowest BCUT2D eigenvalue weighted by Crippen LogP contribution is -2.26. The van der Waals surface area contributed by atoms with Crippen LogP contribution in [0.2, 0.25) is 5.02 Å². The fourth-order valence-electron chi connectivity index (χ4n) is 3.98. The molecule has 1 atom stereocenters. The van der Waals surface area contributed by atoms with Gasteiger partial charge in [-0.3, -0.25) is 14.7 Å². The van der Waals surface area contributed by atoms with Crippen molar-refractivity contribution in [3.63, 3.8) is 0 Å². The molecule has 0 bridgehead atoms. The average Bonchev–Trinajstić information content (AvgIpc) is 3.62. The number of carbonyl (C=O) groups excluding carboxylic acids is 2. The summed E-state index contributed by atoms with van der Waals surface area (Å²) >= 11 is 5.89.